The fourth-order valence-corrected chi connectivity index (χ4v) is 2.81. The number of benzene rings is 1. The van der Waals surface area contributed by atoms with Crippen LogP contribution in [0.4, 0.5) is 14.5 Å². The van der Waals surface area contributed by atoms with Gasteiger partial charge in [0.2, 0.25) is 11.8 Å². The van der Waals surface area contributed by atoms with Crippen molar-refractivity contribution < 1.29 is 18.4 Å². The van der Waals surface area contributed by atoms with Gasteiger partial charge >= 0.3 is 0 Å². The highest BCUT2D eigenvalue weighted by molar-refractivity contribution is 5.99. The largest absolute Gasteiger partial charge is 0.345 e. The zero-order valence-electron chi connectivity index (χ0n) is 14.3. The van der Waals surface area contributed by atoms with E-state index in [-0.39, 0.29) is 23.4 Å². The van der Waals surface area contributed by atoms with Crippen molar-refractivity contribution in [3.63, 3.8) is 0 Å². The van der Waals surface area contributed by atoms with E-state index in [9.17, 15) is 18.4 Å². The van der Waals surface area contributed by atoms with E-state index in [4.69, 9.17) is 0 Å². The third-order valence-corrected chi connectivity index (χ3v) is 4.49. The lowest BCUT2D eigenvalue weighted by Crippen LogP contribution is -2.31. The number of carbonyl (C=O) groups is 2. The molecule has 3 rings (SSSR count). The molecule has 0 bridgehead atoms. The minimum absolute atomic E-state index is 0.0792. The van der Waals surface area contributed by atoms with Gasteiger partial charge < -0.3 is 10.2 Å². The van der Waals surface area contributed by atoms with Crippen LogP contribution in [0.15, 0.2) is 42.7 Å². The predicted molar refractivity (Wildman–Crippen MR) is 92.2 cm³/mol. The molecule has 1 aromatic heterocycles. The highest BCUT2D eigenvalue weighted by atomic mass is 19.2. The van der Waals surface area contributed by atoms with Gasteiger partial charge in [-0.25, -0.2) is 8.78 Å². The summed E-state index contributed by atoms with van der Waals surface area (Å²) in [5.41, 5.74) is 1.26. The van der Waals surface area contributed by atoms with Gasteiger partial charge in [-0.3, -0.25) is 14.6 Å². The second kappa shape index (κ2) is 7.59. The van der Waals surface area contributed by atoms with E-state index < -0.39 is 17.6 Å². The fourth-order valence-electron chi connectivity index (χ4n) is 2.81. The molecule has 0 saturated heterocycles. The number of hydrogen-bond donors (Lipinski definition) is 1. The maximum absolute atomic E-state index is 13.2. The van der Waals surface area contributed by atoms with E-state index in [1.807, 2.05) is 12.1 Å². The molecule has 1 fully saturated rings. The molecular weight excluding hydrogens is 340 g/mol. The Morgan fingerprint density at radius 1 is 1.15 bits per heavy atom. The van der Waals surface area contributed by atoms with Crippen LogP contribution >= 0.6 is 0 Å². The molecule has 1 heterocycles. The lowest BCUT2D eigenvalue weighted by Gasteiger charge is -2.17. The standard InChI is InChI=1S/C19H19F2N3O2/c1-24(9-6-12-4-7-22-8-5-12)19(26)15-11-14(15)18(25)23-13-2-3-16(20)17(21)10-13/h2-5,7-8,10,14-15H,6,9,11H2,1H3,(H,23,25). The molecule has 0 aliphatic heterocycles. The molecule has 26 heavy (non-hydrogen) atoms. The monoisotopic (exact) mass is 359 g/mol. The second-order valence-electron chi connectivity index (χ2n) is 6.43. The summed E-state index contributed by atoms with van der Waals surface area (Å²) in [6.45, 7) is 0.552. The number of halogens is 2. The number of anilines is 1. The van der Waals surface area contributed by atoms with E-state index in [0.29, 0.717) is 19.4 Å². The van der Waals surface area contributed by atoms with Gasteiger partial charge in [0.1, 0.15) is 0 Å². The Bertz CT molecular complexity index is 814. The van der Waals surface area contributed by atoms with Gasteiger partial charge in [-0.15, -0.1) is 0 Å². The Labute approximate surface area is 150 Å². The minimum atomic E-state index is -1.03. The molecule has 7 heteroatoms. The summed E-state index contributed by atoms with van der Waals surface area (Å²) in [5, 5.41) is 2.53. The van der Waals surface area contributed by atoms with Crippen LogP contribution in [-0.4, -0.2) is 35.3 Å². The second-order valence-corrected chi connectivity index (χ2v) is 6.43. The van der Waals surface area contributed by atoms with Gasteiger partial charge in [-0.05, 0) is 42.7 Å². The highest BCUT2D eigenvalue weighted by Crippen LogP contribution is 2.40. The van der Waals surface area contributed by atoms with Crippen molar-refractivity contribution in [1.29, 1.82) is 0 Å². The molecule has 1 aliphatic carbocycles. The normalized spacial score (nSPS) is 18.3. The summed E-state index contributed by atoms with van der Waals surface area (Å²) in [4.78, 5) is 30.2. The van der Waals surface area contributed by atoms with Crippen molar-refractivity contribution in [1.82, 2.24) is 9.88 Å². The van der Waals surface area contributed by atoms with E-state index in [1.165, 1.54) is 6.07 Å². The number of carbonyl (C=O) groups excluding carboxylic acids is 2. The number of aromatic nitrogens is 1. The van der Waals surface area contributed by atoms with Crippen LogP contribution in [0.25, 0.3) is 0 Å². The van der Waals surface area contributed by atoms with Gasteiger partial charge in [0.05, 0.1) is 11.8 Å². The van der Waals surface area contributed by atoms with Gasteiger partial charge in [0, 0.05) is 37.7 Å². The van der Waals surface area contributed by atoms with Crippen LogP contribution in [0.1, 0.15) is 12.0 Å². The van der Waals surface area contributed by atoms with Crippen LogP contribution in [0, 0.1) is 23.5 Å². The lowest BCUT2D eigenvalue weighted by molar-refractivity contribution is -0.132. The van der Waals surface area contributed by atoms with E-state index in [2.05, 4.69) is 10.3 Å². The molecule has 1 saturated carbocycles. The SMILES string of the molecule is CN(CCc1ccncc1)C(=O)C1CC1C(=O)Nc1ccc(F)c(F)c1. The lowest BCUT2D eigenvalue weighted by atomic mass is 10.2. The van der Waals surface area contributed by atoms with Gasteiger partial charge in [0.25, 0.3) is 0 Å². The molecule has 1 aromatic carbocycles. The molecule has 5 nitrogen and oxygen atoms in total. The Balaban J connectivity index is 1.49. The summed E-state index contributed by atoms with van der Waals surface area (Å²) < 4.78 is 26.1. The van der Waals surface area contributed by atoms with Crippen LogP contribution in [0.5, 0.6) is 0 Å². The zero-order chi connectivity index (χ0) is 18.7. The van der Waals surface area contributed by atoms with Crippen LogP contribution in [0.3, 0.4) is 0 Å². The molecule has 2 amide bonds. The molecule has 1 N–H and O–H groups in total. The van der Waals surface area contributed by atoms with Crippen molar-refractivity contribution in [2.45, 2.75) is 12.8 Å². The Morgan fingerprint density at radius 3 is 2.58 bits per heavy atom. The van der Waals surface area contributed by atoms with Crippen molar-refractivity contribution in [3.05, 3.63) is 59.9 Å². The number of amides is 2. The summed E-state index contributed by atoms with van der Waals surface area (Å²) >= 11 is 0. The first-order valence-corrected chi connectivity index (χ1v) is 8.35. The smallest absolute Gasteiger partial charge is 0.228 e. The van der Waals surface area contributed by atoms with Gasteiger partial charge in [-0.2, -0.15) is 0 Å². The van der Waals surface area contributed by atoms with E-state index in [1.54, 1.807) is 24.3 Å². The van der Waals surface area contributed by atoms with Crippen molar-refractivity contribution in [3.8, 4) is 0 Å². The zero-order valence-corrected chi connectivity index (χ0v) is 14.3. The molecule has 2 aromatic rings. The fraction of sp³-hybridized carbons (Fsp3) is 0.316. The Kier molecular flexibility index (Phi) is 5.25. The van der Waals surface area contributed by atoms with Gasteiger partial charge in [0.15, 0.2) is 11.6 Å². The summed E-state index contributed by atoms with van der Waals surface area (Å²) in [7, 11) is 1.71. The summed E-state index contributed by atoms with van der Waals surface area (Å²) in [5.74, 6) is -3.22. The third kappa shape index (κ3) is 4.22. The molecular formula is C19H19F2N3O2. The number of hydrogen-bond acceptors (Lipinski definition) is 3. The molecule has 136 valence electrons. The average molecular weight is 359 g/mol. The number of likely N-dealkylation sites (N-methyl/N-ethyl adjacent to an activating group) is 1. The number of pyridine rings is 1. The molecule has 2 unspecified atom stereocenters. The quantitative estimate of drug-likeness (QED) is 0.862. The predicted octanol–water partition coefficient (Wildman–Crippen LogP) is 2.64. The topological polar surface area (TPSA) is 62.3 Å². The molecule has 0 spiro atoms. The van der Waals surface area contributed by atoms with Crippen LogP contribution in [0.2, 0.25) is 0 Å². The van der Waals surface area contributed by atoms with Crippen LogP contribution in [-0.2, 0) is 16.0 Å². The minimum Gasteiger partial charge on any atom is -0.345 e. The molecule has 0 radical (unpaired) electrons. The highest BCUT2D eigenvalue weighted by Gasteiger charge is 2.49. The summed E-state index contributed by atoms with van der Waals surface area (Å²) in [6, 6.07) is 6.96. The maximum atomic E-state index is 13.2. The van der Waals surface area contributed by atoms with Crippen LogP contribution < -0.4 is 5.32 Å². The molecule has 1 aliphatic rings. The molecule has 2 atom stereocenters. The Morgan fingerprint density at radius 2 is 1.88 bits per heavy atom. The first-order chi connectivity index (χ1) is 12.5. The van der Waals surface area contributed by atoms with Crippen molar-refractivity contribution >= 4 is 17.5 Å². The number of nitrogens with zero attached hydrogens (tertiary/aromatic N) is 2. The Hall–Kier alpha value is -2.83. The van der Waals surface area contributed by atoms with Gasteiger partial charge in [-0.1, -0.05) is 0 Å². The first-order valence-electron chi connectivity index (χ1n) is 8.35. The number of nitrogens with one attached hydrogen (secondary N) is 1. The number of rotatable bonds is 6. The first kappa shape index (κ1) is 18.0. The maximum Gasteiger partial charge on any atom is 0.228 e. The van der Waals surface area contributed by atoms with Crippen molar-refractivity contribution in [2.75, 3.05) is 18.9 Å². The van der Waals surface area contributed by atoms with E-state index in [0.717, 1.165) is 17.7 Å². The van der Waals surface area contributed by atoms with E-state index >= 15 is 0 Å². The average Bonchev–Trinajstić information content (AvgIpc) is 3.44. The summed E-state index contributed by atoms with van der Waals surface area (Å²) in [6.07, 6.45) is 4.59. The third-order valence-electron chi connectivity index (χ3n) is 4.49. The van der Waals surface area contributed by atoms with Crippen molar-refractivity contribution in [2.24, 2.45) is 11.8 Å².